The van der Waals surface area contributed by atoms with Gasteiger partial charge in [0.15, 0.2) is 0 Å². The molecule has 0 bridgehead atoms. The summed E-state index contributed by atoms with van der Waals surface area (Å²) in [7, 11) is 4.69. The number of amides is 11. The average Bonchev–Trinajstić information content (AvgIpc) is 1.39. The van der Waals surface area contributed by atoms with Crippen molar-refractivity contribution in [3.05, 3.63) is 82.3 Å². The van der Waals surface area contributed by atoms with Gasteiger partial charge in [-0.1, -0.05) is 97.4 Å². The minimum absolute atomic E-state index is 0.0535. The lowest BCUT2D eigenvalue weighted by Crippen LogP contribution is -2.62. The van der Waals surface area contributed by atoms with Gasteiger partial charge < -0.3 is 83.7 Å². The predicted molar refractivity (Wildman–Crippen MR) is 358 cm³/mol. The molecule has 522 valence electrons. The lowest BCUT2D eigenvalue weighted by molar-refractivity contribution is -0.148. The summed E-state index contributed by atoms with van der Waals surface area (Å²) in [5, 5.41) is 24.6. The molecule has 1 aromatic heterocycles. The van der Waals surface area contributed by atoms with Gasteiger partial charge in [0.05, 0.1) is 49.2 Å². The first-order valence-corrected chi connectivity index (χ1v) is 33.3. The number of benzene rings is 2. The zero-order valence-electron chi connectivity index (χ0n) is 56.8. The summed E-state index contributed by atoms with van der Waals surface area (Å²) in [6, 6.07) is 9.63. The summed E-state index contributed by atoms with van der Waals surface area (Å²) in [5.74, 6) is -5.70. The molecule has 0 aliphatic carbocycles. The van der Waals surface area contributed by atoms with Gasteiger partial charge in [-0.3, -0.25) is 38.4 Å². The Kier molecular flexibility index (Phi) is 32.8. The van der Waals surface area contributed by atoms with Gasteiger partial charge in [0.25, 0.3) is 0 Å². The lowest BCUT2D eigenvalue weighted by Gasteiger charge is -2.41. The monoisotopic (exact) mass is 1330 g/mol. The van der Waals surface area contributed by atoms with Crippen LogP contribution >= 0.6 is 11.3 Å². The van der Waals surface area contributed by atoms with Crippen molar-refractivity contribution in [3.63, 3.8) is 0 Å². The second-order valence-electron chi connectivity index (χ2n) is 25.3. The third-order valence-electron chi connectivity index (χ3n) is 17.0. The normalized spacial score (nSPS) is 16.3. The Morgan fingerprint density at radius 3 is 2.01 bits per heavy atom. The number of hydrogen-bond donors (Lipinski definition) is 11. The van der Waals surface area contributed by atoms with Gasteiger partial charge in [-0.2, -0.15) is 0 Å². The van der Waals surface area contributed by atoms with E-state index in [4.69, 9.17) is 31.4 Å². The number of thiazole rings is 1. The molecule has 28 heteroatoms. The smallest absolute Gasteiger partial charge is 0.408 e. The molecule has 3 aromatic rings. The molecule has 2 heterocycles. The van der Waals surface area contributed by atoms with Crippen LogP contribution in [0.4, 0.5) is 15.3 Å². The van der Waals surface area contributed by atoms with Crippen molar-refractivity contribution >= 4 is 76.4 Å². The number of carbonyl (C=O) groups excluding carboxylic acids is 10. The van der Waals surface area contributed by atoms with Crippen molar-refractivity contribution in [2.45, 2.75) is 193 Å². The van der Waals surface area contributed by atoms with Crippen LogP contribution in [0.1, 0.15) is 142 Å². The Bertz CT molecular complexity index is 2920. The number of rotatable bonds is 39. The van der Waals surface area contributed by atoms with Crippen molar-refractivity contribution in [2.75, 3.05) is 52.8 Å². The molecule has 0 saturated carbocycles. The van der Waals surface area contributed by atoms with Crippen LogP contribution in [0.2, 0.25) is 0 Å². The molecule has 0 spiro atoms. The van der Waals surface area contributed by atoms with E-state index in [0.717, 1.165) is 10.6 Å². The number of hydrogen-bond acceptors (Lipinski definition) is 17. The Balaban J connectivity index is 1.38. The fraction of sp³-hybridized carbons (Fsp3) is 0.621. The number of likely N-dealkylation sites (tertiary alicyclic amines) is 1. The van der Waals surface area contributed by atoms with Gasteiger partial charge in [0.1, 0.15) is 41.3 Å². The zero-order valence-corrected chi connectivity index (χ0v) is 57.6. The molecule has 1 fully saturated rings. The van der Waals surface area contributed by atoms with E-state index in [9.17, 15) is 47.9 Å². The topological polar surface area (TPSA) is 392 Å². The van der Waals surface area contributed by atoms with Gasteiger partial charge in [0, 0.05) is 51.6 Å². The number of ether oxygens (including phenoxy) is 3. The zero-order chi connectivity index (χ0) is 69.8. The molecule has 2 aromatic carbocycles. The van der Waals surface area contributed by atoms with Crippen LogP contribution < -0.4 is 59.7 Å². The SMILES string of the molecule is CC[C@H](C)[C@@H]([C@@H](CC(=O)N1CCC[C@H]1[C@H](OC)[C@@H](C)C(=O)N[C@@H](Cc1ccccc1)c1nccs1)OC)N(C)C(=O)[C@@H](NC(=O)C(C)(C)NC(=O)OCc1ccc(NC(=O)[C@H](CCCNC(N)=O)NC(=O)C(NC(=O)[C@H](CCCCN)NC(=O)CN)C(C)C)cc1)C(C)C. The molecule has 4 rings (SSSR count). The molecular weight excluding hydrogens is 1230 g/mol. The molecule has 1 unspecified atom stereocenters. The third kappa shape index (κ3) is 24.2. The molecule has 1 saturated heterocycles. The maximum absolute atomic E-state index is 14.7. The van der Waals surface area contributed by atoms with Crippen LogP contribution in [0.25, 0.3) is 0 Å². The van der Waals surface area contributed by atoms with Crippen LogP contribution in [-0.4, -0.2) is 176 Å². The van der Waals surface area contributed by atoms with Crippen molar-refractivity contribution in [1.82, 2.24) is 52.0 Å². The maximum Gasteiger partial charge on any atom is 0.408 e. The number of unbranched alkanes of at least 4 members (excludes halogenated alkanes) is 1. The van der Waals surface area contributed by atoms with Crippen molar-refractivity contribution < 1.29 is 62.2 Å². The quantitative estimate of drug-likeness (QED) is 0.0361. The van der Waals surface area contributed by atoms with Crippen molar-refractivity contribution in [1.29, 1.82) is 0 Å². The highest BCUT2D eigenvalue weighted by molar-refractivity contribution is 7.09. The second kappa shape index (κ2) is 39.2. The van der Waals surface area contributed by atoms with E-state index in [1.54, 1.807) is 82.1 Å². The van der Waals surface area contributed by atoms with Gasteiger partial charge in [-0.15, -0.1) is 11.3 Å². The number of nitrogens with two attached hydrogens (primary N) is 3. The fourth-order valence-corrected chi connectivity index (χ4v) is 12.1. The minimum atomic E-state index is -1.60. The van der Waals surface area contributed by atoms with Gasteiger partial charge in [-0.25, -0.2) is 14.6 Å². The molecule has 14 N–H and O–H groups in total. The van der Waals surface area contributed by atoms with E-state index in [2.05, 4.69) is 47.5 Å². The predicted octanol–water partition coefficient (Wildman–Crippen LogP) is 3.89. The molecular formula is C66H104N14O13S. The van der Waals surface area contributed by atoms with E-state index in [1.807, 2.05) is 56.5 Å². The first-order valence-electron chi connectivity index (χ1n) is 32.5. The molecule has 1 aliphatic rings. The highest BCUT2D eigenvalue weighted by Crippen LogP contribution is 2.31. The van der Waals surface area contributed by atoms with Gasteiger partial charge in [0.2, 0.25) is 47.3 Å². The Morgan fingerprint density at radius 2 is 1.43 bits per heavy atom. The van der Waals surface area contributed by atoms with E-state index >= 15 is 0 Å². The number of urea groups is 1. The third-order valence-corrected chi connectivity index (χ3v) is 17.9. The van der Waals surface area contributed by atoms with E-state index < -0.39 is 119 Å². The summed E-state index contributed by atoms with van der Waals surface area (Å²) in [6.07, 6.45) is 3.42. The van der Waals surface area contributed by atoms with Crippen molar-refractivity contribution in [3.8, 4) is 0 Å². The molecule has 11 amide bonds. The molecule has 27 nitrogen and oxygen atoms in total. The lowest BCUT2D eigenvalue weighted by atomic mass is 9.89. The standard InChI is InChI=1S/C66H104N14O13S/c1-13-41(6)55(50(91-11)36-52(82)80-33-20-25-49(80)56(92-12)42(7)57(83)75-48(61-70-32-34-94-61)35-43-21-15-14-16-22-43)79(10)62(87)54(40(4)5)77-63(88)66(8,9)78-65(90)93-38-44-26-28-45(29-27-44)72-58(84)47(24-19-31-71-64(69)89)74-60(86)53(39(2)3)76-59(85)46(23-17-18-30-67)73-51(81)37-68/h14-16,21-22,26-29,32,34,39-42,46-50,53-56H,13,17-20,23-25,30-31,33,35-38,67-68H2,1-12H3,(H,72,84)(H,73,81)(H,74,86)(H,75,83)(H,76,85)(H,77,88)(H,78,90)(H3,69,71,89)/t41-,42+,46-,47-,48-,49-,50+,53?,54-,55-,56+/m0/s1. The fourth-order valence-electron chi connectivity index (χ4n) is 11.4. The Hall–Kier alpha value is -7.79. The molecule has 0 radical (unpaired) electrons. The van der Waals surface area contributed by atoms with Crippen LogP contribution in [0.15, 0.2) is 66.2 Å². The molecule has 1 aliphatic heterocycles. The van der Waals surface area contributed by atoms with Gasteiger partial charge >= 0.3 is 12.1 Å². The Labute approximate surface area is 557 Å². The number of anilines is 1. The number of aromatic nitrogens is 1. The van der Waals surface area contributed by atoms with Crippen LogP contribution in [0.5, 0.6) is 0 Å². The first kappa shape index (κ1) is 78.7. The summed E-state index contributed by atoms with van der Waals surface area (Å²) >= 11 is 1.47. The van der Waals surface area contributed by atoms with Crippen LogP contribution in [0, 0.1) is 23.7 Å². The van der Waals surface area contributed by atoms with Gasteiger partial charge in [-0.05, 0) is 113 Å². The van der Waals surface area contributed by atoms with Crippen LogP contribution in [-0.2, 0) is 65.6 Å². The van der Waals surface area contributed by atoms with Crippen LogP contribution in [0.3, 0.4) is 0 Å². The number of nitrogens with one attached hydrogen (secondary N) is 8. The summed E-state index contributed by atoms with van der Waals surface area (Å²) in [6.45, 7) is 16.0. The first-order chi connectivity index (χ1) is 44.6. The number of nitrogens with zero attached hydrogens (tertiary/aromatic N) is 3. The summed E-state index contributed by atoms with van der Waals surface area (Å²) in [4.78, 5) is 143. The second-order valence-corrected chi connectivity index (χ2v) is 26.2. The summed E-state index contributed by atoms with van der Waals surface area (Å²) < 4.78 is 17.7. The number of likely N-dealkylation sites (N-methyl/N-ethyl adjacent to an activating group) is 1. The highest BCUT2D eigenvalue weighted by atomic mass is 32.1. The van der Waals surface area contributed by atoms with Crippen molar-refractivity contribution in [2.24, 2.45) is 40.9 Å². The highest BCUT2D eigenvalue weighted by Gasteiger charge is 2.44. The molecule has 94 heavy (non-hydrogen) atoms. The maximum atomic E-state index is 14.7. The largest absolute Gasteiger partial charge is 0.445 e. The number of carbonyl (C=O) groups is 10. The minimum Gasteiger partial charge on any atom is -0.445 e. The number of primary amides is 1. The van der Waals surface area contributed by atoms with E-state index in [-0.39, 0.29) is 69.2 Å². The average molecular weight is 1330 g/mol. The number of alkyl carbamates (subject to hydrolysis) is 1. The number of methoxy groups -OCH3 is 2. The van der Waals surface area contributed by atoms with E-state index in [1.165, 1.54) is 32.3 Å². The molecule has 11 atom stereocenters. The Morgan fingerprint density at radius 1 is 0.766 bits per heavy atom. The summed E-state index contributed by atoms with van der Waals surface area (Å²) in [5.41, 5.74) is 16.6. The van der Waals surface area contributed by atoms with E-state index in [0.29, 0.717) is 62.9 Å².